The molecule has 5 heteroatoms. The molecule has 0 aliphatic rings. The molecule has 118 valence electrons. The van der Waals surface area contributed by atoms with E-state index in [2.05, 4.69) is 10.3 Å². The number of ether oxygens (including phenoxy) is 1. The van der Waals surface area contributed by atoms with E-state index in [1.807, 2.05) is 36.5 Å². The molecule has 3 rings (SSSR count). The van der Waals surface area contributed by atoms with Crippen LogP contribution in [0, 0.1) is 5.82 Å². The second-order valence-corrected chi connectivity index (χ2v) is 5.24. The number of nitrogens with one attached hydrogen (secondary N) is 2. The minimum absolute atomic E-state index is 0.249. The lowest BCUT2D eigenvalue weighted by atomic mass is 10.1. The van der Waals surface area contributed by atoms with Crippen LogP contribution in [-0.2, 0) is 17.8 Å². The fraction of sp³-hybridized carbons (Fsp3) is 0.167. The maximum Gasteiger partial charge on any atom is 0.407 e. The zero-order chi connectivity index (χ0) is 16.1. The van der Waals surface area contributed by atoms with Crippen LogP contribution in [0.3, 0.4) is 0 Å². The number of carbonyl (C=O) groups is 1. The average Bonchev–Trinajstić information content (AvgIpc) is 2.96. The van der Waals surface area contributed by atoms with Gasteiger partial charge in [0.2, 0.25) is 0 Å². The molecule has 0 aliphatic heterocycles. The van der Waals surface area contributed by atoms with Crippen molar-refractivity contribution in [3.8, 4) is 0 Å². The van der Waals surface area contributed by atoms with Gasteiger partial charge < -0.3 is 15.0 Å². The Kier molecular flexibility index (Phi) is 4.57. The molecule has 3 aromatic rings. The largest absolute Gasteiger partial charge is 0.445 e. The van der Waals surface area contributed by atoms with Crippen molar-refractivity contribution < 1.29 is 13.9 Å². The van der Waals surface area contributed by atoms with Crippen LogP contribution < -0.4 is 5.32 Å². The van der Waals surface area contributed by atoms with Crippen LogP contribution in [0.5, 0.6) is 0 Å². The Morgan fingerprint density at radius 1 is 1.17 bits per heavy atom. The fourth-order valence-electron chi connectivity index (χ4n) is 2.44. The number of halogens is 1. The van der Waals surface area contributed by atoms with Crippen LogP contribution in [-0.4, -0.2) is 17.6 Å². The van der Waals surface area contributed by atoms with E-state index in [-0.39, 0.29) is 12.4 Å². The Balaban J connectivity index is 1.47. The summed E-state index contributed by atoms with van der Waals surface area (Å²) in [5.74, 6) is -0.270. The molecule has 2 aromatic carbocycles. The first-order chi connectivity index (χ1) is 11.2. The number of amides is 1. The van der Waals surface area contributed by atoms with Crippen molar-refractivity contribution in [2.45, 2.75) is 13.0 Å². The smallest absolute Gasteiger partial charge is 0.407 e. The quantitative estimate of drug-likeness (QED) is 0.753. The Bertz CT molecular complexity index is 799. The molecule has 0 fully saturated rings. The third-order valence-electron chi connectivity index (χ3n) is 3.61. The van der Waals surface area contributed by atoms with E-state index in [1.54, 1.807) is 6.07 Å². The van der Waals surface area contributed by atoms with Gasteiger partial charge in [-0.25, -0.2) is 9.18 Å². The van der Waals surface area contributed by atoms with Crippen molar-refractivity contribution in [3.63, 3.8) is 0 Å². The minimum Gasteiger partial charge on any atom is -0.445 e. The standard InChI is InChI=1S/C18H17FN2O2/c19-15-6-7-16-14(11-21-17(16)10-15)8-9-20-18(22)23-12-13-4-2-1-3-5-13/h1-7,10-11,21H,8-9,12H2,(H,20,22). The third-order valence-corrected chi connectivity index (χ3v) is 3.61. The number of hydrogen-bond donors (Lipinski definition) is 2. The average molecular weight is 312 g/mol. The van der Waals surface area contributed by atoms with Crippen molar-refractivity contribution in [2.24, 2.45) is 0 Å². The molecule has 0 radical (unpaired) electrons. The minimum atomic E-state index is -0.445. The molecule has 4 nitrogen and oxygen atoms in total. The molecule has 0 saturated carbocycles. The van der Waals surface area contributed by atoms with Gasteiger partial charge in [-0.2, -0.15) is 0 Å². The first-order valence-electron chi connectivity index (χ1n) is 7.42. The van der Waals surface area contributed by atoms with Gasteiger partial charge in [-0.3, -0.25) is 0 Å². The lowest BCUT2D eigenvalue weighted by Crippen LogP contribution is -2.26. The molecule has 0 saturated heterocycles. The Labute approximate surface area is 133 Å². The number of fused-ring (bicyclic) bond motifs is 1. The normalized spacial score (nSPS) is 10.7. The number of alkyl carbamates (subject to hydrolysis) is 1. The van der Waals surface area contributed by atoms with E-state index in [0.717, 1.165) is 22.0 Å². The van der Waals surface area contributed by atoms with Gasteiger partial charge in [0.05, 0.1) is 0 Å². The summed E-state index contributed by atoms with van der Waals surface area (Å²) in [5.41, 5.74) is 2.73. The maximum atomic E-state index is 13.1. The second kappa shape index (κ2) is 6.96. The molecular weight excluding hydrogens is 295 g/mol. The summed E-state index contributed by atoms with van der Waals surface area (Å²) < 4.78 is 18.3. The number of carbonyl (C=O) groups excluding carboxylic acids is 1. The Hall–Kier alpha value is -2.82. The van der Waals surface area contributed by atoms with Gasteiger partial charge in [0, 0.05) is 23.6 Å². The summed E-state index contributed by atoms with van der Waals surface area (Å²) in [6.07, 6.45) is 2.03. The lowest BCUT2D eigenvalue weighted by molar-refractivity contribution is 0.140. The highest BCUT2D eigenvalue weighted by molar-refractivity contribution is 5.83. The molecule has 0 aliphatic carbocycles. The number of benzene rings is 2. The third kappa shape index (κ3) is 3.88. The number of hydrogen-bond acceptors (Lipinski definition) is 2. The van der Waals surface area contributed by atoms with Crippen molar-refractivity contribution >= 4 is 17.0 Å². The molecule has 1 amide bonds. The van der Waals surface area contributed by atoms with Gasteiger partial charge in [-0.05, 0) is 35.7 Å². The molecule has 0 bridgehead atoms. The zero-order valence-electron chi connectivity index (χ0n) is 12.5. The molecule has 1 aromatic heterocycles. The number of H-pyrrole nitrogens is 1. The predicted molar refractivity (Wildman–Crippen MR) is 86.6 cm³/mol. The number of aromatic amines is 1. The van der Waals surface area contributed by atoms with Crippen LogP contribution in [0.1, 0.15) is 11.1 Å². The fourth-order valence-corrected chi connectivity index (χ4v) is 2.44. The van der Waals surface area contributed by atoms with Gasteiger partial charge in [0.15, 0.2) is 0 Å². The lowest BCUT2D eigenvalue weighted by Gasteiger charge is -2.06. The second-order valence-electron chi connectivity index (χ2n) is 5.24. The Morgan fingerprint density at radius 3 is 2.83 bits per heavy atom. The van der Waals surface area contributed by atoms with Gasteiger partial charge in [0.25, 0.3) is 0 Å². The number of aromatic nitrogens is 1. The highest BCUT2D eigenvalue weighted by atomic mass is 19.1. The van der Waals surface area contributed by atoms with Crippen LogP contribution >= 0.6 is 0 Å². The molecular formula is C18H17FN2O2. The predicted octanol–water partition coefficient (Wildman–Crippen LogP) is 3.78. The van der Waals surface area contributed by atoms with Crippen LogP contribution in [0.4, 0.5) is 9.18 Å². The van der Waals surface area contributed by atoms with Gasteiger partial charge in [-0.1, -0.05) is 30.3 Å². The van der Waals surface area contributed by atoms with Crippen LogP contribution in [0.2, 0.25) is 0 Å². The SMILES string of the molecule is O=C(NCCc1c[nH]c2cc(F)ccc12)OCc1ccccc1. The Morgan fingerprint density at radius 2 is 2.00 bits per heavy atom. The van der Waals surface area contributed by atoms with Gasteiger partial charge >= 0.3 is 6.09 Å². The highest BCUT2D eigenvalue weighted by Gasteiger charge is 2.06. The van der Waals surface area contributed by atoms with Crippen molar-refractivity contribution in [1.29, 1.82) is 0 Å². The van der Waals surface area contributed by atoms with Gasteiger partial charge in [-0.15, -0.1) is 0 Å². The summed E-state index contributed by atoms with van der Waals surface area (Å²) in [5, 5.41) is 3.68. The first kappa shape index (κ1) is 15.1. The summed E-state index contributed by atoms with van der Waals surface area (Å²) in [6, 6.07) is 14.1. The first-order valence-corrected chi connectivity index (χ1v) is 7.42. The molecule has 0 unspecified atom stereocenters. The zero-order valence-corrected chi connectivity index (χ0v) is 12.5. The van der Waals surface area contributed by atoms with E-state index < -0.39 is 6.09 Å². The maximum absolute atomic E-state index is 13.1. The molecule has 23 heavy (non-hydrogen) atoms. The van der Waals surface area contributed by atoms with Crippen molar-refractivity contribution in [3.05, 3.63) is 71.7 Å². The van der Waals surface area contributed by atoms with Gasteiger partial charge in [0.1, 0.15) is 12.4 Å². The molecule has 1 heterocycles. The highest BCUT2D eigenvalue weighted by Crippen LogP contribution is 2.19. The monoisotopic (exact) mass is 312 g/mol. The topological polar surface area (TPSA) is 54.1 Å². The van der Waals surface area contributed by atoms with E-state index in [0.29, 0.717) is 13.0 Å². The van der Waals surface area contributed by atoms with E-state index in [9.17, 15) is 9.18 Å². The summed E-state index contributed by atoms with van der Waals surface area (Å²) in [6.45, 7) is 0.705. The summed E-state index contributed by atoms with van der Waals surface area (Å²) in [4.78, 5) is 14.7. The van der Waals surface area contributed by atoms with E-state index >= 15 is 0 Å². The molecule has 0 spiro atoms. The molecule has 0 atom stereocenters. The van der Waals surface area contributed by atoms with E-state index in [4.69, 9.17) is 4.74 Å². The summed E-state index contributed by atoms with van der Waals surface area (Å²) in [7, 11) is 0. The summed E-state index contributed by atoms with van der Waals surface area (Å²) >= 11 is 0. The van der Waals surface area contributed by atoms with Crippen LogP contribution in [0.15, 0.2) is 54.7 Å². The van der Waals surface area contributed by atoms with Crippen LogP contribution in [0.25, 0.3) is 10.9 Å². The van der Waals surface area contributed by atoms with Crippen molar-refractivity contribution in [1.82, 2.24) is 10.3 Å². The molecule has 2 N–H and O–H groups in total. The number of rotatable bonds is 5. The van der Waals surface area contributed by atoms with Crippen molar-refractivity contribution in [2.75, 3.05) is 6.54 Å². The van der Waals surface area contributed by atoms with E-state index in [1.165, 1.54) is 12.1 Å².